The fourth-order valence-corrected chi connectivity index (χ4v) is 1.54. The summed E-state index contributed by atoms with van der Waals surface area (Å²) in [6.45, 7) is 5.61. The van der Waals surface area contributed by atoms with Crippen LogP contribution in [0, 0.1) is 0 Å². The van der Waals surface area contributed by atoms with Gasteiger partial charge in [-0.1, -0.05) is 31.2 Å². The lowest BCUT2D eigenvalue weighted by molar-refractivity contribution is -0.116. The molecule has 0 saturated heterocycles. The van der Waals surface area contributed by atoms with Crippen LogP contribution in [0.15, 0.2) is 35.9 Å². The van der Waals surface area contributed by atoms with Crippen LogP contribution in [-0.4, -0.2) is 18.5 Å². The maximum absolute atomic E-state index is 11.5. The van der Waals surface area contributed by atoms with E-state index in [1.165, 1.54) is 0 Å². The van der Waals surface area contributed by atoms with Gasteiger partial charge in [0.25, 0.3) is 0 Å². The molecule has 108 valence electrons. The summed E-state index contributed by atoms with van der Waals surface area (Å²) in [5.41, 5.74) is 1.22. The van der Waals surface area contributed by atoms with Crippen LogP contribution in [0.4, 0.5) is 16.2 Å². The third-order valence-corrected chi connectivity index (χ3v) is 2.46. The highest BCUT2D eigenvalue weighted by atomic mass is 35.5. The molecule has 6 heteroatoms. The normalized spacial score (nSPS) is 9.70. The van der Waals surface area contributed by atoms with Gasteiger partial charge in [0.05, 0.1) is 6.54 Å². The molecule has 1 aromatic rings. The first-order valence-electron chi connectivity index (χ1n) is 6.29. The van der Waals surface area contributed by atoms with Crippen LogP contribution in [0.5, 0.6) is 0 Å². The molecule has 0 spiro atoms. The molecule has 0 radical (unpaired) electrons. The highest BCUT2D eigenvalue weighted by Gasteiger charge is 2.04. The first-order valence-corrected chi connectivity index (χ1v) is 6.67. The van der Waals surface area contributed by atoms with E-state index in [-0.39, 0.29) is 18.5 Å². The van der Waals surface area contributed by atoms with E-state index in [9.17, 15) is 9.59 Å². The van der Waals surface area contributed by atoms with Crippen molar-refractivity contribution in [2.24, 2.45) is 0 Å². The number of hydrogen-bond donors (Lipinski definition) is 3. The highest BCUT2D eigenvalue weighted by molar-refractivity contribution is 6.29. The Hall–Kier alpha value is -2.01. The molecule has 0 fully saturated rings. The number of carbonyl (C=O) groups excluding carboxylic acids is 2. The predicted octanol–water partition coefficient (Wildman–Crippen LogP) is 3.30. The molecule has 0 unspecified atom stereocenters. The summed E-state index contributed by atoms with van der Waals surface area (Å²) in [4.78, 5) is 23.0. The summed E-state index contributed by atoms with van der Waals surface area (Å²) < 4.78 is 0. The molecule has 1 aromatic carbocycles. The molecule has 0 aromatic heterocycles. The van der Waals surface area contributed by atoms with Gasteiger partial charge in [-0.3, -0.25) is 4.79 Å². The van der Waals surface area contributed by atoms with Crippen LogP contribution < -0.4 is 16.0 Å². The van der Waals surface area contributed by atoms with E-state index < -0.39 is 0 Å². The van der Waals surface area contributed by atoms with Crippen molar-refractivity contribution in [2.45, 2.75) is 19.8 Å². The molecule has 0 atom stereocenters. The van der Waals surface area contributed by atoms with Gasteiger partial charge in [-0.15, -0.1) is 0 Å². The fraction of sp³-hybridized carbons (Fsp3) is 0.286. The molecule has 0 bridgehead atoms. The number of carbonyl (C=O) groups is 2. The van der Waals surface area contributed by atoms with Crippen LogP contribution in [0.25, 0.3) is 0 Å². The number of amides is 3. The van der Waals surface area contributed by atoms with Gasteiger partial charge < -0.3 is 16.0 Å². The molecule has 0 saturated carbocycles. The molecule has 0 aliphatic heterocycles. The van der Waals surface area contributed by atoms with E-state index in [1.54, 1.807) is 24.3 Å². The second-order valence-electron chi connectivity index (χ2n) is 4.20. The quantitative estimate of drug-likeness (QED) is 0.753. The van der Waals surface area contributed by atoms with E-state index in [4.69, 9.17) is 11.6 Å². The van der Waals surface area contributed by atoms with Crippen LogP contribution >= 0.6 is 11.6 Å². The van der Waals surface area contributed by atoms with Gasteiger partial charge in [0, 0.05) is 22.8 Å². The minimum Gasteiger partial charge on any atom is -0.333 e. The van der Waals surface area contributed by atoms with Crippen molar-refractivity contribution in [1.82, 2.24) is 5.32 Å². The summed E-state index contributed by atoms with van der Waals surface area (Å²) >= 11 is 5.55. The maximum Gasteiger partial charge on any atom is 0.319 e. The minimum absolute atomic E-state index is 0.0486. The molecular weight excluding hydrogens is 278 g/mol. The average molecular weight is 296 g/mol. The standard InChI is InChI=1S/C14H18ClN3O2/c1-3-5-13(19)17-11-6-4-7-12(8-11)18-14(20)16-9-10(2)15/h4,6-8H,2-3,5,9H2,1H3,(H,17,19)(H2,16,18,20). The van der Waals surface area contributed by atoms with Crippen molar-refractivity contribution in [3.05, 3.63) is 35.9 Å². The molecule has 1 rings (SSSR count). The van der Waals surface area contributed by atoms with Crippen molar-refractivity contribution in [3.8, 4) is 0 Å². The molecule has 0 aliphatic rings. The molecule has 0 heterocycles. The first-order chi connectivity index (χ1) is 9.51. The Balaban J connectivity index is 2.57. The van der Waals surface area contributed by atoms with E-state index in [0.29, 0.717) is 22.8 Å². The first kappa shape index (κ1) is 16.0. The topological polar surface area (TPSA) is 70.2 Å². The van der Waals surface area contributed by atoms with Gasteiger partial charge in [0.2, 0.25) is 5.91 Å². The summed E-state index contributed by atoms with van der Waals surface area (Å²) in [6, 6.07) is 6.53. The molecule has 3 amide bonds. The maximum atomic E-state index is 11.5. The zero-order valence-corrected chi connectivity index (χ0v) is 12.1. The Labute approximate surface area is 123 Å². The average Bonchev–Trinajstić information content (AvgIpc) is 2.37. The van der Waals surface area contributed by atoms with Gasteiger partial charge in [-0.25, -0.2) is 4.79 Å². The largest absolute Gasteiger partial charge is 0.333 e. The lowest BCUT2D eigenvalue weighted by atomic mass is 10.2. The smallest absolute Gasteiger partial charge is 0.319 e. The number of benzene rings is 1. The molecule has 0 aliphatic carbocycles. The van der Waals surface area contributed by atoms with Gasteiger partial charge in [0.1, 0.15) is 0 Å². The van der Waals surface area contributed by atoms with Crippen LogP contribution in [0.2, 0.25) is 0 Å². The van der Waals surface area contributed by atoms with Crippen molar-refractivity contribution in [1.29, 1.82) is 0 Å². The van der Waals surface area contributed by atoms with E-state index >= 15 is 0 Å². The Morgan fingerprint density at radius 1 is 1.25 bits per heavy atom. The van der Waals surface area contributed by atoms with Crippen molar-refractivity contribution in [3.63, 3.8) is 0 Å². The molecule has 5 nitrogen and oxygen atoms in total. The number of hydrogen-bond acceptors (Lipinski definition) is 2. The van der Waals surface area contributed by atoms with Crippen LogP contribution in [0.3, 0.4) is 0 Å². The molecule has 20 heavy (non-hydrogen) atoms. The number of halogens is 1. The van der Waals surface area contributed by atoms with Crippen LogP contribution in [0.1, 0.15) is 19.8 Å². The molecule has 3 N–H and O–H groups in total. The zero-order valence-electron chi connectivity index (χ0n) is 11.3. The third kappa shape index (κ3) is 6.24. The predicted molar refractivity (Wildman–Crippen MR) is 82.0 cm³/mol. The number of urea groups is 1. The Bertz CT molecular complexity index is 503. The minimum atomic E-state index is -0.385. The van der Waals surface area contributed by atoms with Gasteiger partial charge in [-0.2, -0.15) is 0 Å². The van der Waals surface area contributed by atoms with E-state index in [2.05, 4.69) is 22.5 Å². The monoisotopic (exact) mass is 295 g/mol. The second-order valence-corrected chi connectivity index (χ2v) is 4.74. The van der Waals surface area contributed by atoms with Crippen molar-refractivity contribution < 1.29 is 9.59 Å². The lowest BCUT2D eigenvalue weighted by Gasteiger charge is -2.09. The van der Waals surface area contributed by atoms with Crippen LogP contribution in [-0.2, 0) is 4.79 Å². The van der Waals surface area contributed by atoms with Gasteiger partial charge in [0.15, 0.2) is 0 Å². The Kier molecular flexibility index (Phi) is 6.59. The van der Waals surface area contributed by atoms with E-state index in [0.717, 1.165) is 6.42 Å². The lowest BCUT2D eigenvalue weighted by Crippen LogP contribution is -2.29. The van der Waals surface area contributed by atoms with E-state index in [1.807, 2.05) is 6.92 Å². The number of rotatable bonds is 6. The number of anilines is 2. The summed E-state index contributed by atoms with van der Waals surface area (Å²) in [7, 11) is 0. The summed E-state index contributed by atoms with van der Waals surface area (Å²) in [6.07, 6.45) is 1.25. The van der Waals surface area contributed by atoms with Gasteiger partial charge >= 0.3 is 6.03 Å². The number of nitrogens with one attached hydrogen (secondary N) is 3. The summed E-state index contributed by atoms with van der Waals surface area (Å²) in [5, 5.41) is 8.29. The molecular formula is C14H18ClN3O2. The van der Waals surface area contributed by atoms with Crippen molar-refractivity contribution >= 4 is 34.9 Å². The summed E-state index contributed by atoms with van der Waals surface area (Å²) in [5.74, 6) is -0.0486. The SMILES string of the molecule is C=C(Cl)CNC(=O)Nc1cccc(NC(=O)CCC)c1. The highest BCUT2D eigenvalue weighted by Crippen LogP contribution is 2.15. The zero-order chi connectivity index (χ0) is 15.0. The van der Waals surface area contributed by atoms with Gasteiger partial charge in [-0.05, 0) is 24.6 Å². The third-order valence-electron chi connectivity index (χ3n) is 2.32. The Morgan fingerprint density at radius 3 is 2.50 bits per heavy atom. The second kappa shape index (κ2) is 8.22. The van der Waals surface area contributed by atoms with Crippen molar-refractivity contribution in [2.75, 3.05) is 17.2 Å². The Morgan fingerprint density at radius 2 is 1.90 bits per heavy atom. The fourth-order valence-electron chi connectivity index (χ4n) is 1.48.